The molecule has 0 spiro atoms. The van der Waals surface area contributed by atoms with Crippen LogP contribution in [-0.4, -0.2) is 18.6 Å². The van der Waals surface area contributed by atoms with Crippen molar-refractivity contribution in [3.63, 3.8) is 0 Å². The van der Waals surface area contributed by atoms with Crippen molar-refractivity contribution in [2.45, 2.75) is 43.6 Å². The maximum absolute atomic E-state index is 12.1. The van der Waals surface area contributed by atoms with Crippen LogP contribution in [0.4, 0.5) is 4.79 Å². The van der Waals surface area contributed by atoms with Crippen LogP contribution in [0, 0.1) is 5.92 Å². The minimum atomic E-state index is -0.0239. The first kappa shape index (κ1) is 18.8. The molecule has 2 fully saturated rings. The van der Waals surface area contributed by atoms with Gasteiger partial charge in [0.15, 0.2) is 0 Å². The Morgan fingerprint density at radius 1 is 0.926 bits per heavy atom. The van der Waals surface area contributed by atoms with Gasteiger partial charge in [0.2, 0.25) is 0 Å². The lowest BCUT2D eigenvalue weighted by Gasteiger charge is -2.37. The molecular weight excluding hydrogens is 424 g/mol. The summed E-state index contributed by atoms with van der Waals surface area (Å²) in [5, 5.41) is 6.94. The Morgan fingerprint density at radius 3 is 2.11 bits per heavy atom. The summed E-state index contributed by atoms with van der Waals surface area (Å²) < 4.78 is 1.11. The smallest absolute Gasteiger partial charge is 0.315 e. The van der Waals surface area contributed by atoms with Gasteiger partial charge >= 0.3 is 6.03 Å². The van der Waals surface area contributed by atoms with Crippen molar-refractivity contribution in [3.8, 4) is 0 Å². The van der Waals surface area contributed by atoms with Gasteiger partial charge in [-0.15, -0.1) is 0 Å². The summed E-state index contributed by atoms with van der Waals surface area (Å²) in [6.45, 7) is 0.763. The SMILES string of the molecule is O=C(NCC1CC(c2ccc(Cl)cc2)C1)NC1CC(c2ccc(Br)cc2)C1. The second kappa shape index (κ2) is 8.24. The first-order valence-corrected chi connectivity index (χ1v) is 10.8. The van der Waals surface area contributed by atoms with Crippen LogP contribution in [0.1, 0.15) is 48.6 Å². The van der Waals surface area contributed by atoms with E-state index in [1.807, 2.05) is 12.1 Å². The largest absolute Gasteiger partial charge is 0.338 e. The number of nitrogens with one attached hydrogen (secondary N) is 2. The number of carbonyl (C=O) groups excluding carboxylic acids is 1. The third-order valence-electron chi connectivity index (χ3n) is 5.94. The van der Waals surface area contributed by atoms with Gasteiger partial charge in [0.25, 0.3) is 0 Å². The van der Waals surface area contributed by atoms with Crippen molar-refractivity contribution in [2.24, 2.45) is 5.92 Å². The van der Waals surface area contributed by atoms with E-state index in [1.165, 1.54) is 11.1 Å². The molecule has 2 amide bonds. The molecule has 142 valence electrons. The van der Waals surface area contributed by atoms with Crippen LogP contribution in [-0.2, 0) is 0 Å². The molecule has 2 aromatic carbocycles. The van der Waals surface area contributed by atoms with E-state index in [2.05, 4.69) is 63.0 Å². The van der Waals surface area contributed by atoms with E-state index < -0.39 is 0 Å². The van der Waals surface area contributed by atoms with Crippen LogP contribution in [0.3, 0.4) is 0 Å². The fourth-order valence-electron chi connectivity index (χ4n) is 4.13. The normalized spacial score (nSPS) is 26.6. The summed E-state index contributed by atoms with van der Waals surface area (Å²) in [6, 6.07) is 16.9. The molecule has 0 heterocycles. The summed E-state index contributed by atoms with van der Waals surface area (Å²) in [7, 11) is 0. The van der Waals surface area contributed by atoms with Gasteiger partial charge in [0.05, 0.1) is 0 Å². The van der Waals surface area contributed by atoms with Gasteiger partial charge in [-0.3, -0.25) is 0 Å². The van der Waals surface area contributed by atoms with E-state index in [9.17, 15) is 4.79 Å². The summed E-state index contributed by atoms with van der Waals surface area (Å²) >= 11 is 9.41. The van der Waals surface area contributed by atoms with E-state index >= 15 is 0 Å². The summed E-state index contributed by atoms with van der Waals surface area (Å²) in [6.07, 6.45) is 4.32. The van der Waals surface area contributed by atoms with Gasteiger partial charge in [0, 0.05) is 22.1 Å². The molecule has 4 rings (SSSR count). The van der Waals surface area contributed by atoms with Gasteiger partial charge in [-0.05, 0) is 78.8 Å². The molecule has 27 heavy (non-hydrogen) atoms. The zero-order valence-corrected chi connectivity index (χ0v) is 17.5. The predicted octanol–water partition coefficient (Wildman–Crippen LogP) is 5.84. The highest BCUT2D eigenvalue weighted by Crippen LogP contribution is 2.41. The van der Waals surface area contributed by atoms with E-state index in [1.54, 1.807) is 0 Å². The lowest BCUT2D eigenvalue weighted by molar-refractivity contribution is 0.211. The number of hydrogen-bond acceptors (Lipinski definition) is 1. The lowest BCUT2D eigenvalue weighted by atomic mass is 9.71. The van der Waals surface area contributed by atoms with Gasteiger partial charge in [-0.2, -0.15) is 0 Å². The summed E-state index contributed by atoms with van der Waals surface area (Å²) in [4.78, 5) is 12.1. The Hall–Kier alpha value is -1.52. The van der Waals surface area contributed by atoms with E-state index in [-0.39, 0.29) is 6.03 Å². The topological polar surface area (TPSA) is 41.1 Å². The van der Waals surface area contributed by atoms with Crippen LogP contribution in [0.2, 0.25) is 5.02 Å². The van der Waals surface area contributed by atoms with Crippen LogP contribution in [0.15, 0.2) is 53.0 Å². The molecule has 0 radical (unpaired) electrons. The third kappa shape index (κ3) is 4.67. The Balaban J connectivity index is 1.12. The standard InChI is InChI=1S/C22H24BrClN2O/c23-19-5-1-15(2-6-19)18-11-21(12-18)26-22(27)25-13-14-9-17(10-14)16-3-7-20(24)8-4-16/h1-8,14,17-18,21H,9-13H2,(H2,25,26,27). The number of benzene rings is 2. The number of hydrogen-bond donors (Lipinski definition) is 2. The maximum Gasteiger partial charge on any atom is 0.315 e. The first-order valence-electron chi connectivity index (χ1n) is 9.62. The number of halogens is 2. The maximum atomic E-state index is 12.1. The van der Waals surface area contributed by atoms with Crippen molar-refractivity contribution < 1.29 is 4.79 Å². The molecule has 0 atom stereocenters. The molecule has 3 nitrogen and oxygen atoms in total. The molecule has 2 aliphatic rings. The molecule has 0 aromatic heterocycles. The minimum absolute atomic E-state index is 0.0239. The molecule has 5 heteroatoms. The Morgan fingerprint density at radius 2 is 1.48 bits per heavy atom. The third-order valence-corrected chi connectivity index (χ3v) is 6.72. The van der Waals surface area contributed by atoms with Crippen LogP contribution < -0.4 is 10.6 Å². The van der Waals surface area contributed by atoms with Gasteiger partial charge in [-0.25, -0.2) is 4.79 Å². The molecule has 0 saturated heterocycles. The van der Waals surface area contributed by atoms with Crippen molar-refractivity contribution in [3.05, 3.63) is 69.2 Å². The van der Waals surface area contributed by atoms with Crippen LogP contribution in [0.25, 0.3) is 0 Å². The van der Waals surface area contributed by atoms with Crippen LogP contribution >= 0.6 is 27.5 Å². The Bertz CT molecular complexity index is 781. The predicted molar refractivity (Wildman–Crippen MR) is 113 cm³/mol. The molecule has 2 N–H and O–H groups in total. The highest BCUT2D eigenvalue weighted by Gasteiger charge is 2.33. The number of rotatable bonds is 5. The quantitative estimate of drug-likeness (QED) is 0.594. The fourth-order valence-corrected chi connectivity index (χ4v) is 4.52. The highest BCUT2D eigenvalue weighted by atomic mass is 79.9. The second-order valence-electron chi connectivity index (χ2n) is 7.86. The monoisotopic (exact) mass is 446 g/mol. The lowest BCUT2D eigenvalue weighted by Crippen LogP contribution is -2.49. The van der Waals surface area contributed by atoms with Gasteiger partial charge < -0.3 is 10.6 Å². The second-order valence-corrected chi connectivity index (χ2v) is 9.21. The van der Waals surface area contributed by atoms with E-state index in [4.69, 9.17) is 11.6 Å². The molecule has 0 bridgehead atoms. The molecule has 0 aliphatic heterocycles. The Labute approximate surface area is 174 Å². The number of amides is 2. The zero-order valence-electron chi connectivity index (χ0n) is 15.1. The average molecular weight is 448 g/mol. The molecular formula is C22H24BrClN2O. The Kier molecular flexibility index (Phi) is 5.74. The van der Waals surface area contributed by atoms with Crippen molar-refractivity contribution in [2.75, 3.05) is 6.54 Å². The number of urea groups is 1. The first-order chi connectivity index (χ1) is 13.1. The molecule has 0 unspecified atom stereocenters. The van der Waals surface area contributed by atoms with Crippen LogP contribution in [0.5, 0.6) is 0 Å². The highest BCUT2D eigenvalue weighted by molar-refractivity contribution is 9.10. The summed E-state index contributed by atoms with van der Waals surface area (Å²) in [5.41, 5.74) is 2.72. The van der Waals surface area contributed by atoms with Crippen molar-refractivity contribution in [1.29, 1.82) is 0 Å². The average Bonchev–Trinajstić information content (AvgIpc) is 2.59. The summed E-state index contributed by atoms with van der Waals surface area (Å²) in [5.74, 6) is 1.75. The fraction of sp³-hybridized carbons (Fsp3) is 0.409. The van der Waals surface area contributed by atoms with E-state index in [0.29, 0.717) is 23.8 Å². The van der Waals surface area contributed by atoms with Crippen molar-refractivity contribution in [1.82, 2.24) is 10.6 Å². The van der Waals surface area contributed by atoms with E-state index in [0.717, 1.165) is 41.7 Å². The van der Waals surface area contributed by atoms with Gasteiger partial charge in [-0.1, -0.05) is 51.8 Å². The zero-order chi connectivity index (χ0) is 18.8. The number of carbonyl (C=O) groups is 1. The molecule has 2 saturated carbocycles. The minimum Gasteiger partial charge on any atom is -0.338 e. The molecule has 2 aromatic rings. The van der Waals surface area contributed by atoms with Crippen molar-refractivity contribution >= 4 is 33.6 Å². The van der Waals surface area contributed by atoms with Gasteiger partial charge in [0.1, 0.15) is 0 Å². The molecule has 2 aliphatic carbocycles.